The Morgan fingerprint density at radius 2 is 1.60 bits per heavy atom. The van der Waals surface area contributed by atoms with E-state index >= 15 is 0 Å². The average Bonchev–Trinajstić information content (AvgIpc) is 3.18. The van der Waals surface area contributed by atoms with E-state index in [1.807, 2.05) is 34.9 Å². The summed E-state index contributed by atoms with van der Waals surface area (Å²) in [6.45, 7) is 0. The van der Waals surface area contributed by atoms with Crippen molar-refractivity contribution < 1.29 is 8.42 Å². The molecule has 0 aliphatic heterocycles. The van der Waals surface area contributed by atoms with E-state index in [4.69, 9.17) is 34.8 Å². The molecule has 4 aromatic rings. The van der Waals surface area contributed by atoms with Crippen LogP contribution in [0.15, 0.2) is 78.0 Å². The quantitative estimate of drug-likeness (QED) is 0.334. The summed E-state index contributed by atoms with van der Waals surface area (Å²) < 4.78 is 25.5. The first-order valence-electron chi connectivity index (χ1n) is 8.84. The van der Waals surface area contributed by atoms with Crippen LogP contribution in [-0.2, 0) is 9.84 Å². The van der Waals surface area contributed by atoms with E-state index in [0.717, 1.165) is 11.1 Å². The van der Waals surface area contributed by atoms with Crippen LogP contribution in [0.25, 0.3) is 28.2 Å². The molecule has 3 aromatic carbocycles. The molecule has 0 atom stereocenters. The molecule has 0 aliphatic rings. The molecule has 0 spiro atoms. The molecular weight excluding hydrogens is 463 g/mol. The summed E-state index contributed by atoms with van der Waals surface area (Å²) in [5.74, 6) is 0.608. The summed E-state index contributed by atoms with van der Waals surface area (Å²) in [6, 6.07) is 17.6. The van der Waals surface area contributed by atoms with E-state index < -0.39 is 9.84 Å². The van der Waals surface area contributed by atoms with Gasteiger partial charge in [-0.3, -0.25) is 4.57 Å². The van der Waals surface area contributed by atoms with Crippen LogP contribution < -0.4 is 0 Å². The standard InChI is InChI=1S/C22H15Cl3N2O2S/c1-30(28,29)16-5-2-4-14(12-16)15-8-9-20(19(24)13-15)27-11-10-26-22(27)17-6-3-7-18(23)21(17)25/h2-13H,1H3. The molecular formula is C22H15Cl3N2O2S. The highest BCUT2D eigenvalue weighted by Crippen LogP contribution is 2.36. The van der Waals surface area contributed by atoms with Gasteiger partial charge in [-0.2, -0.15) is 0 Å². The van der Waals surface area contributed by atoms with Gasteiger partial charge in [0.05, 0.1) is 25.7 Å². The summed E-state index contributed by atoms with van der Waals surface area (Å²) in [6.07, 6.45) is 4.63. The second kappa shape index (κ2) is 8.08. The van der Waals surface area contributed by atoms with Gasteiger partial charge in [-0.1, -0.05) is 59.1 Å². The lowest BCUT2D eigenvalue weighted by Crippen LogP contribution is -1.99. The lowest BCUT2D eigenvalue weighted by molar-refractivity contribution is 0.602. The highest BCUT2D eigenvalue weighted by atomic mass is 35.5. The number of rotatable bonds is 4. The van der Waals surface area contributed by atoms with Crippen molar-refractivity contribution >= 4 is 44.6 Å². The van der Waals surface area contributed by atoms with Gasteiger partial charge in [0.25, 0.3) is 0 Å². The molecule has 0 amide bonds. The van der Waals surface area contributed by atoms with Crippen molar-refractivity contribution in [3.8, 4) is 28.2 Å². The second-order valence-corrected chi connectivity index (χ2v) is 9.90. The van der Waals surface area contributed by atoms with Gasteiger partial charge in [-0.05, 0) is 47.5 Å². The van der Waals surface area contributed by atoms with Crippen molar-refractivity contribution in [2.24, 2.45) is 0 Å². The maximum absolute atomic E-state index is 11.9. The van der Waals surface area contributed by atoms with E-state index in [1.54, 1.807) is 42.7 Å². The first-order chi connectivity index (χ1) is 14.3. The Hall–Kier alpha value is -2.31. The van der Waals surface area contributed by atoms with Crippen LogP contribution in [-0.4, -0.2) is 24.2 Å². The zero-order chi connectivity index (χ0) is 21.5. The number of nitrogens with zero attached hydrogens (tertiary/aromatic N) is 2. The molecule has 1 aromatic heterocycles. The van der Waals surface area contributed by atoms with E-state index in [9.17, 15) is 8.42 Å². The molecule has 0 aliphatic carbocycles. The van der Waals surface area contributed by atoms with Crippen LogP contribution in [0.5, 0.6) is 0 Å². The van der Waals surface area contributed by atoms with Crippen LogP contribution >= 0.6 is 34.8 Å². The molecule has 152 valence electrons. The summed E-state index contributed by atoms with van der Waals surface area (Å²) in [4.78, 5) is 4.68. The number of sulfone groups is 1. The van der Waals surface area contributed by atoms with Gasteiger partial charge in [-0.25, -0.2) is 13.4 Å². The molecule has 0 radical (unpaired) electrons. The third-order valence-corrected chi connectivity index (χ3v) is 6.87. The topological polar surface area (TPSA) is 52.0 Å². The maximum atomic E-state index is 11.9. The zero-order valence-corrected chi connectivity index (χ0v) is 18.8. The van der Waals surface area contributed by atoms with Crippen molar-refractivity contribution in [2.45, 2.75) is 4.90 Å². The molecule has 0 N–H and O–H groups in total. The Labute approximate surface area is 189 Å². The summed E-state index contributed by atoms with van der Waals surface area (Å²) in [5.41, 5.74) is 2.96. The summed E-state index contributed by atoms with van der Waals surface area (Å²) in [5, 5.41) is 1.34. The van der Waals surface area contributed by atoms with Crippen molar-refractivity contribution in [1.29, 1.82) is 0 Å². The lowest BCUT2D eigenvalue weighted by Gasteiger charge is -2.13. The fourth-order valence-electron chi connectivity index (χ4n) is 3.16. The predicted octanol–water partition coefficient (Wildman–Crippen LogP) is 6.57. The van der Waals surface area contributed by atoms with Crippen molar-refractivity contribution in [3.63, 3.8) is 0 Å². The van der Waals surface area contributed by atoms with E-state index in [2.05, 4.69) is 4.98 Å². The zero-order valence-electron chi connectivity index (χ0n) is 15.7. The van der Waals surface area contributed by atoms with E-state index in [1.165, 1.54) is 6.26 Å². The van der Waals surface area contributed by atoms with Gasteiger partial charge in [0.15, 0.2) is 9.84 Å². The molecule has 0 bridgehead atoms. The minimum absolute atomic E-state index is 0.257. The van der Waals surface area contributed by atoms with Crippen LogP contribution in [0.1, 0.15) is 0 Å². The van der Waals surface area contributed by atoms with E-state index in [0.29, 0.717) is 32.1 Å². The number of hydrogen-bond donors (Lipinski definition) is 0. The Morgan fingerprint density at radius 1 is 0.867 bits per heavy atom. The van der Waals surface area contributed by atoms with Crippen molar-refractivity contribution in [3.05, 3.63) is 88.1 Å². The maximum Gasteiger partial charge on any atom is 0.175 e. The number of hydrogen-bond acceptors (Lipinski definition) is 3. The molecule has 4 nitrogen and oxygen atoms in total. The molecule has 8 heteroatoms. The third kappa shape index (κ3) is 3.98. The van der Waals surface area contributed by atoms with Crippen LogP contribution in [0, 0.1) is 0 Å². The largest absolute Gasteiger partial charge is 0.298 e. The highest BCUT2D eigenvalue weighted by molar-refractivity contribution is 7.90. The van der Waals surface area contributed by atoms with Crippen LogP contribution in [0.2, 0.25) is 15.1 Å². The molecule has 0 unspecified atom stereocenters. The highest BCUT2D eigenvalue weighted by Gasteiger charge is 2.16. The lowest BCUT2D eigenvalue weighted by atomic mass is 10.1. The molecule has 30 heavy (non-hydrogen) atoms. The Bertz CT molecular complexity index is 1360. The molecule has 0 fully saturated rings. The first-order valence-corrected chi connectivity index (χ1v) is 11.9. The van der Waals surface area contributed by atoms with Gasteiger partial charge in [-0.15, -0.1) is 0 Å². The van der Waals surface area contributed by atoms with Crippen molar-refractivity contribution in [1.82, 2.24) is 9.55 Å². The average molecular weight is 478 g/mol. The first kappa shape index (κ1) is 20.9. The number of halogens is 3. The Balaban J connectivity index is 1.78. The minimum Gasteiger partial charge on any atom is -0.298 e. The van der Waals surface area contributed by atoms with Crippen LogP contribution in [0.3, 0.4) is 0 Å². The summed E-state index contributed by atoms with van der Waals surface area (Å²) >= 11 is 19.1. The van der Waals surface area contributed by atoms with Gasteiger partial charge < -0.3 is 0 Å². The molecule has 0 saturated carbocycles. The molecule has 0 saturated heterocycles. The smallest absolute Gasteiger partial charge is 0.175 e. The van der Waals surface area contributed by atoms with Gasteiger partial charge >= 0.3 is 0 Å². The number of aromatic nitrogens is 2. The molecule has 1 heterocycles. The summed E-state index contributed by atoms with van der Waals surface area (Å²) in [7, 11) is -3.30. The number of benzene rings is 3. The predicted molar refractivity (Wildman–Crippen MR) is 123 cm³/mol. The SMILES string of the molecule is CS(=O)(=O)c1cccc(-c2ccc(-n3ccnc3-c3cccc(Cl)c3Cl)c(Cl)c2)c1. The van der Waals surface area contributed by atoms with E-state index in [-0.39, 0.29) is 4.90 Å². The van der Waals surface area contributed by atoms with Gasteiger partial charge in [0.2, 0.25) is 0 Å². The van der Waals surface area contributed by atoms with Gasteiger partial charge in [0, 0.05) is 24.2 Å². The fourth-order valence-corrected chi connectivity index (χ4v) is 4.49. The van der Waals surface area contributed by atoms with Gasteiger partial charge in [0.1, 0.15) is 5.82 Å². The van der Waals surface area contributed by atoms with Crippen molar-refractivity contribution in [2.75, 3.05) is 6.26 Å². The number of imidazole rings is 1. The monoisotopic (exact) mass is 476 g/mol. The Morgan fingerprint density at radius 3 is 2.33 bits per heavy atom. The third-order valence-electron chi connectivity index (χ3n) is 4.64. The van der Waals surface area contributed by atoms with Crippen LogP contribution in [0.4, 0.5) is 0 Å². The Kier molecular flexibility index (Phi) is 5.64. The normalized spacial score (nSPS) is 11.6. The fraction of sp³-hybridized carbons (Fsp3) is 0.0455. The second-order valence-electron chi connectivity index (χ2n) is 6.69. The molecule has 4 rings (SSSR count). The minimum atomic E-state index is -3.30.